The number of halogens is 3. The van der Waals surface area contributed by atoms with Crippen molar-refractivity contribution in [3.63, 3.8) is 0 Å². The molecule has 0 saturated heterocycles. The highest BCUT2D eigenvalue weighted by atomic mass is 19.4. The van der Waals surface area contributed by atoms with E-state index >= 15 is 0 Å². The van der Waals surface area contributed by atoms with E-state index in [9.17, 15) is 18.3 Å². The first-order chi connectivity index (χ1) is 15.3. The van der Waals surface area contributed by atoms with Gasteiger partial charge in [0.05, 0.1) is 12.2 Å². The number of aromatic nitrogens is 1. The summed E-state index contributed by atoms with van der Waals surface area (Å²) in [7, 11) is 0. The number of nitrogens with zero attached hydrogens (tertiary/aromatic N) is 1. The van der Waals surface area contributed by atoms with E-state index in [1.165, 1.54) is 12.1 Å². The molecule has 0 unspecified atom stereocenters. The summed E-state index contributed by atoms with van der Waals surface area (Å²) in [6.45, 7) is 4.00. The number of alkyl halides is 3. The van der Waals surface area contributed by atoms with Gasteiger partial charge in [0.15, 0.2) is 0 Å². The molecule has 170 valence electrons. The summed E-state index contributed by atoms with van der Waals surface area (Å²) >= 11 is 0. The number of aliphatic hydroxyl groups is 1. The molecule has 0 radical (unpaired) electrons. The van der Waals surface area contributed by atoms with Crippen LogP contribution < -0.4 is 4.74 Å². The van der Waals surface area contributed by atoms with Crippen molar-refractivity contribution in [3.8, 4) is 17.2 Å². The van der Waals surface area contributed by atoms with Crippen molar-refractivity contribution >= 4 is 5.57 Å². The number of unbranched alkanes of at least 4 members (excludes halogenated alkanes) is 1. The minimum absolute atomic E-state index is 0.0189. The zero-order valence-electron chi connectivity index (χ0n) is 18.1. The largest absolute Gasteiger partial charge is 0.487 e. The molecule has 3 aromatic rings. The lowest BCUT2D eigenvalue weighted by atomic mass is 10.00. The zero-order valence-corrected chi connectivity index (χ0v) is 18.1. The van der Waals surface area contributed by atoms with Crippen molar-refractivity contribution in [3.05, 3.63) is 77.2 Å². The molecule has 0 bridgehead atoms. The van der Waals surface area contributed by atoms with Crippen LogP contribution in [0.1, 0.15) is 48.8 Å². The van der Waals surface area contributed by atoms with Gasteiger partial charge in [-0.15, -0.1) is 0 Å². The van der Waals surface area contributed by atoms with E-state index in [1.807, 2.05) is 30.3 Å². The Bertz CT molecular complexity index is 1050. The van der Waals surface area contributed by atoms with Gasteiger partial charge >= 0.3 is 6.18 Å². The summed E-state index contributed by atoms with van der Waals surface area (Å²) < 4.78 is 49.8. The van der Waals surface area contributed by atoms with Crippen LogP contribution in [0.5, 0.6) is 5.75 Å². The van der Waals surface area contributed by atoms with Gasteiger partial charge in [0, 0.05) is 5.56 Å². The van der Waals surface area contributed by atoms with Gasteiger partial charge in [0.1, 0.15) is 23.8 Å². The predicted molar refractivity (Wildman–Crippen MR) is 117 cm³/mol. The van der Waals surface area contributed by atoms with Crippen LogP contribution in [-0.4, -0.2) is 16.7 Å². The third-order valence-electron chi connectivity index (χ3n) is 5.07. The summed E-state index contributed by atoms with van der Waals surface area (Å²) in [6.07, 6.45) is 0.390. The maximum atomic E-state index is 12.8. The van der Waals surface area contributed by atoms with Crippen LogP contribution in [0.3, 0.4) is 0 Å². The van der Waals surface area contributed by atoms with E-state index in [4.69, 9.17) is 9.15 Å². The summed E-state index contributed by atoms with van der Waals surface area (Å²) in [5.41, 5.74) is 2.38. The van der Waals surface area contributed by atoms with Gasteiger partial charge in [-0.3, -0.25) is 0 Å². The minimum Gasteiger partial charge on any atom is -0.487 e. The minimum atomic E-state index is -4.39. The van der Waals surface area contributed by atoms with Crippen molar-refractivity contribution in [2.24, 2.45) is 0 Å². The normalized spacial score (nSPS) is 12.2. The van der Waals surface area contributed by atoms with Crippen LogP contribution in [0.25, 0.3) is 17.0 Å². The van der Waals surface area contributed by atoms with Gasteiger partial charge in [-0.2, -0.15) is 13.2 Å². The van der Waals surface area contributed by atoms with Gasteiger partial charge < -0.3 is 14.3 Å². The van der Waals surface area contributed by atoms with Crippen molar-refractivity contribution in [1.29, 1.82) is 0 Å². The Balaban J connectivity index is 1.72. The van der Waals surface area contributed by atoms with Crippen molar-refractivity contribution < 1.29 is 27.4 Å². The second kappa shape index (κ2) is 10.5. The highest BCUT2D eigenvalue weighted by Crippen LogP contribution is 2.31. The second-order valence-corrected chi connectivity index (χ2v) is 7.43. The molecule has 0 amide bonds. The molecule has 1 heterocycles. The number of rotatable bonds is 9. The molecule has 1 aromatic heterocycles. The number of allylic oxidation sites excluding steroid dienone is 1. The van der Waals surface area contributed by atoms with E-state index < -0.39 is 11.7 Å². The molecule has 0 aliphatic rings. The van der Waals surface area contributed by atoms with Gasteiger partial charge in [-0.25, -0.2) is 4.98 Å². The second-order valence-electron chi connectivity index (χ2n) is 7.43. The lowest BCUT2D eigenvalue weighted by Crippen LogP contribution is -2.04. The Morgan fingerprint density at radius 1 is 1.16 bits per heavy atom. The molecular weight excluding hydrogens is 419 g/mol. The van der Waals surface area contributed by atoms with Crippen LogP contribution in [0.15, 0.2) is 59.0 Å². The molecule has 2 aromatic carbocycles. The number of hydrogen-bond acceptors (Lipinski definition) is 4. The first-order valence-electron chi connectivity index (χ1n) is 10.5. The maximum Gasteiger partial charge on any atom is 0.416 e. The summed E-state index contributed by atoms with van der Waals surface area (Å²) in [6, 6.07) is 12.3. The van der Waals surface area contributed by atoms with Gasteiger partial charge in [0.25, 0.3) is 0 Å². The Morgan fingerprint density at radius 3 is 2.56 bits per heavy atom. The molecule has 0 aliphatic carbocycles. The van der Waals surface area contributed by atoms with Crippen molar-refractivity contribution in [2.75, 3.05) is 6.61 Å². The fourth-order valence-corrected chi connectivity index (χ4v) is 3.27. The number of aliphatic hydroxyl groups excluding tert-OH is 1. The molecular formula is C25H26F3NO3. The number of oxazole rings is 1. The van der Waals surface area contributed by atoms with Crippen LogP contribution in [0.2, 0.25) is 0 Å². The molecule has 1 N–H and O–H groups in total. The first kappa shape index (κ1) is 23.6. The summed E-state index contributed by atoms with van der Waals surface area (Å²) in [5.74, 6) is 1.44. The number of hydrogen-bond donors (Lipinski definition) is 1. The highest BCUT2D eigenvalue weighted by Gasteiger charge is 2.30. The van der Waals surface area contributed by atoms with E-state index in [-0.39, 0.29) is 19.1 Å². The third kappa shape index (κ3) is 6.01. The highest BCUT2D eigenvalue weighted by molar-refractivity contribution is 5.66. The molecule has 0 spiro atoms. The molecule has 0 atom stereocenters. The fraction of sp³-hybridized carbons (Fsp3) is 0.320. The van der Waals surface area contributed by atoms with E-state index in [2.05, 4.69) is 11.9 Å². The Kier molecular flexibility index (Phi) is 7.75. The first-order valence-corrected chi connectivity index (χ1v) is 10.5. The summed E-state index contributed by atoms with van der Waals surface area (Å²) in [5, 5.41) is 9.32. The van der Waals surface area contributed by atoms with Gasteiger partial charge in [-0.1, -0.05) is 31.6 Å². The van der Waals surface area contributed by atoms with Crippen LogP contribution in [0.4, 0.5) is 13.2 Å². The lowest BCUT2D eigenvalue weighted by Gasteiger charge is -2.10. The molecule has 32 heavy (non-hydrogen) atoms. The van der Waals surface area contributed by atoms with E-state index in [0.717, 1.165) is 42.5 Å². The topological polar surface area (TPSA) is 55.5 Å². The van der Waals surface area contributed by atoms with Gasteiger partial charge in [-0.05, 0) is 67.3 Å². The smallest absolute Gasteiger partial charge is 0.416 e. The number of ether oxygens (including phenoxy) is 1. The SMILES string of the molecule is CCCC/C(=C\CO)c1cccc(OCc2nc(-c3ccc(C(F)(F)F)cc3)oc2C)c1. The predicted octanol–water partition coefficient (Wildman–Crippen LogP) is 6.81. The zero-order chi connectivity index (χ0) is 23.1. The lowest BCUT2D eigenvalue weighted by molar-refractivity contribution is -0.137. The monoisotopic (exact) mass is 445 g/mol. The molecule has 4 nitrogen and oxygen atoms in total. The maximum absolute atomic E-state index is 12.8. The third-order valence-corrected chi connectivity index (χ3v) is 5.07. The van der Waals surface area contributed by atoms with E-state index in [0.29, 0.717) is 22.8 Å². The molecule has 7 heteroatoms. The summed E-state index contributed by atoms with van der Waals surface area (Å²) in [4.78, 5) is 4.40. The average molecular weight is 445 g/mol. The van der Waals surface area contributed by atoms with Crippen LogP contribution >= 0.6 is 0 Å². The fourth-order valence-electron chi connectivity index (χ4n) is 3.27. The molecule has 0 aliphatic heterocycles. The van der Waals surface area contributed by atoms with Crippen molar-refractivity contribution in [2.45, 2.75) is 45.9 Å². The molecule has 0 fully saturated rings. The molecule has 3 rings (SSSR count). The van der Waals surface area contributed by atoms with Crippen molar-refractivity contribution in [1.82, 2.24) is 4.98 Å². The number of aryl methyl sites for hydroxylation is 1. The Morgan fingerprint density at radius 2 is 1.91 bits per heavy atom. The van der Waals surface area contributed by atoms with Gasteiger partial charge in [0.2, 0.25) is 5.89 Å². The Hall–Kier alpha value is -3.06. The standard InChI is InChI=1S/C25H26F3NO3/c1-3-4-6-18(13-14-30)20-7-5-8-22(15-20)31-16-23-17(2)32-24(29-23)19-9-11-21(12-10-19)25(26,27)28/h5,7-13,15,30H,3-4,6,14,16H2,1-2H3/b18-13+. The van der Waals surface area contributed by atoms with E-state index in [1.54, 1.807) is 6.92 Å². The molecule has 0 saturated carbocycles. The number of benzene rings is 2. The quantitative estimate of drug-likeness (QED) is 0.393. The van der Waals surface area contributed by atoms with Crippen LogP contribution in [-0.2, 0) is 12.8 Å². The average Bonchev–Trinajstić information content (AvgIpc) is 3.15. The Labute approximate surface area is 185 Å². The van der Waals surface area contributed by atoms with Crippen LogP contribution in [0, 0.1) is 6.92 Å².